The topological polar surface area (TPSA) is 60.0 Å². The number of rotatable bonds is 5. The van der Waals surface area contributed by atoms with Gasteiger partial charge in [-0.05, 0) is 69.8 Å². The van der Waals surface area contributed by atoms with E-state index in [1.807, 2.05) is 96.5 Å². The number of benzene rings is 4. The minimum atomic E-state index is -1.53. The highest BCUT2D eigenvalue weighted by Gasteiger charge is 2.37. The fraction of sp³-hybridized carbons (Fsp3) is 0.0909. The summed E-state index contributed by atoms with van der Waals surface area (Å²) in [6.45, 7) is 0. The van der Waals surface area contributed by atoms with Gasteiger partial charge in [0.15, 0.2) is 5.60 Å². The van der Waals surface area contributed by atoms with E-state index in [9.17, 15) is 9.90 Å². The van der Waals surface area contributed by atoms with Gasteiger partial charge in [-0.25, -0.2) is 4.98 Å². The maximum Gasteiger partial charge on any atom is 0.251 e. The maximum absolute atomic E-state index is 12.9. The molecule has 5 nitrogen and oxygen atoms in total. The zero-order valence-electron chi connectivity index (χ0n) is 21.8. The molecule has 1 atom stereocenters. The zero-order valence-corrected chi connectivity index (χ0v) is 23.4. The summed E-state index contributed by atoms with van der Waals surface area (Å²) in [7, 11) is 3.60. The molecule has 0 bridgehead atoms. The van der Waals surface area contributed by atoms with Gasteiger partial charge in [-0.2, -0.15) is 0 Å². The van der Waals surface area contributed by atoms with Crippen molar-refractivity contribution in [3.05, 3.63) is 147 Å². The predicted octanol–water partition coefficient (Wildman–Crippen LogP) is 7.20. The summed E-state index contributed by atoms with van der Waals surface area (Å²) in [5.74, 6) is 0. The van der Waals surface area contributed by atoms with E-state index in [0.717, 1.165) is 33.2 Å². The van der Waals surface area contributed by atoms with E-state index < -0.39 is 5.60 Å². The van der Waals surface area contributed by atoms with E-state index in [0.29, 0.717) is 26.9 Å². The average Bonchev–Trinajstić information content (AvgIpc) is 3.41. The van der Waals surface area contributed by atoms with Crippen LogP contribution in [0.5, 0.6) is 0 Å². The van der Waals surface area contributed by atoms with Crippen molar-refractivity contribution in [1.82, 2.24) is 14.1 Å². The summed E-state index contributed by atoms with van der Waals surface area (Å²) < 4.78 is 3.42. The van der Waals surface area contributed by atoms with E-state index in [2.05, 4.69) is 4.98 Å². The monoisotopic (exact) mass is 565 g/mol. The molecule has 0 radical (unpaired) electrons. The Bertz CT molecular complexity index is 1930. The summed E-state index contributed by atoms with van der Waals surface area (Å²) in [5, 5.41) is 14.7. The van der Waals surface area contributed by atoms with Gasteiger partial charge in [0.05, 0.1) is 23.7 Å². The first-order valence-corrected chi connectivity index (χ1v) is 13.5. The number of aryl methyl sites for hydroxylation is 2. The molecule has 6 aromatic rings. The first-order chi connectivity index (χ1) is 19.3. The van der Waals surface area contributed by atoms with Crippen LogP contribution in [0.2, 0.25) is 10.0 Å². The van der Waals surface area contributed by atoms with Gasteiger partial charge in [0.2, 0.25) is 0 Å². The van der Waals surface area contributed by atoms with Crippen LogP contribution in [0.1, 0.15) is 16.8 Å². The van der Waals surface area contributed by atoms with Crippen LogP contribution in [0.15, 0.2) is 114 Å². The number of aromatic nitrogens is 3. The number of hydrogen-bond acceptors (Lipinski definition) is 3. The summed E-state index contributed by atoms with van der Waals surface area (Å²) >= 11 is 12.4. The second-order valence-electron chi connectivity index (χ2n) is 9.88. The highest BCUT2D eigenvalue weighted by Crippen LogP contribution is 2.40. The lowest BCUT2D eigenvalue weighted by Gasteiger charge is -2.30. The molecule has 1 N–H and O–H groups in total. The molecular formula is C33H25Cl2N3O2. The van der Waals surface area contributed by atoms with Gasteiger partial charge in [-0.15, -0.1) is 0 Å². The van der Waals surface area contributed by atoms with Crippen molar-refractivity contribution in [1.29, 1.82) is 0 Å². The molecule has 0 saturated carbocycles. The van der Waals surface area contributed by atoms with Crippen LogP contribution in [0.3, 0.4) is 0 Å². The van der Waals surface area contributed by atoms with E-state index in [1.54, 1.807) is 36.3 Å². The van der Waals surface area contributed by atoms with Gasteiger partial charge >= 0.3 is 0 Å². The normalized spacial score (nSPS) is 12.9. The Hall–Kier alpha value is -4.16. The quantitative estimate of drug-likeness (QED) is 0.240. The van der Waals surface area contributed by atoms with Crippen LogP contribution >= 0.6 is 23.2 Å². The molecular weight excluding hydrogens is 541 g/mol. The Morgan fingerprint density at radius 1 is 0.750 bits per heavy atom. The van der Waals surface area contributed by atoms with Gasteiger partial charge in [0.1, 0.15) is 0 Å². The Labute approximate surface area is 241 Å². The van der Waals surface area contributed by atoms with Crippen molar-refractivity contribution in [2.45, 2.75) is 5.60 Å². The Morgan fingerprint density at radius 2 is 1.43 bits per heavy atom. The van der Waals surface area contributed by atoms with Crippen molar-refractivity contribution in [3.63, 3.8) is 0 Å². The third-order valence-corrected chi connectivity index (χ3v) is 7.95. The zero-order chi connectivity index (χ0) is 28.0. The van der Waals surface area contributed by atoms with Gasteiger partial charge in [0, 0.05) is 35.6 Å². The molecule has 2 aromatic heterocycles. The van der Waals surface area contributed by atoms with Crippen molar-refractivity contribution < 1.29 is 5.11 Å². The molecule has 2 heterocycles. The summed E-state index contributed by atoms with van der Waals surface area (Å²) in [4.78, 5) is 17.2. The predicted molar refractivity (Wildman–Crippen MR) is 162 cm³/mol. The van der Waals surface area contributed by atoms with Crippen LogP contribution in [-0.2, 0) is 19.7 Å². The van der Waals surface area contributed by atoms with Gasteiger partial charge in [-0.3, -0.25) is 4.79 Å². The van der Waals surface area contributed by atoms with E-state index >= 15 is 0 Å². The van der Waals surface area contributed by atoms with E-state index in [4.69, 9.17) is 23.2 Å². The van der Waals surface area contributed by atoms with Crippen molar-refractivity contribution in [2.24, 2.45) is 14.1 Å². The second kappa shape index (κ2) is 10.1. The summed E-state index contributed by atoms with van der Waals surface area (Å²) in [6.07, 6.45) is 3.35. The molecule has 0 aliphatic carbocycles. The fourth-order valence-corrected chi connectivity index (χ4v) is 5.61. The highest BCUT2D eigenvalue weighted by molar-refractivity contribution is 6.31. The molecule has 1 unspecified atom stereocenters. The van der Waals surface area contributed by atoms with Crippen molar-refractivity contribution in [3.8, 4) is 22.3 Å². The lowest BCUT2D eigenvalue weighted by atomic mass is 9.82. The molecule has 0 aliphatic rings. The standard InChI is InChI=1S/C33H25Cl2N3O2/c1-37-20-36-19-31(37)33(40,24-10-6-21(7-11-24)22-8-13-26(34)14-9-22)25-12-15-30-29(17-25)28(18-32(39)38(30)2)23-4-3-5-27(35)16-23/h3-20,40H,1-2H3. The molecule has 7 heteroatoms. The minimum Gasteiger partial charge on any atom is -0.374 e. The maximum atomic E-state index is 12.9. The first kappa shape index (κ1) is 26.1. The third-order valence-electron chi connectivity index (χ3n) is 7.47. The Kier molecular flexibility index (Phi) is 6.59. The van der Waals surface area contributed by atoms with Crippen LogP contribution < -0.4 is 5.56 Å². The fourth-order valence-electron chi connectivity index (χ4n) is 5.30. The second-order valence-corrected chi connectivity index (χ2v) is 10.8. The summed E-state index contributed by atoms with van der Waals surface area (Å²) in [6, 6.07) is 30.2. The number of hydrogen-bond donors (Lipinski definition) is 1. The van der Waals surface area contributed by atoms with Gasteiger partial charge < -0.3 is 14.2 Å². The Balaban J connectivity index is 1.57. The first-order valence-electron chi connectivity index (χ1n) is 12.7. The van der Waals surface area contributed by atoms with Crippen LogP contribution in [0, 0.1) is 0 Å². The smallest absolute Gasteiger partial charge is 0.251 e. The minimum absolute atomic E-state index is 0.130. The largest absolute Gasteiger partial charge is 0.374 e. The molecule has 0 aliphatic heterocycles. The van der Waals surface area contributed by atoms with Crippen molar-refractivity contribution >= 4 is 34.1 Å². The lowest BCUT2D eigenvalue weighted by molar-refractivity contribution is 0.117. The van der Waals surface area contributed by atoms with E-state index in [1.165, 1.54) is 0 Å². The van der Waals surface area contributed by atoms with E-state index in [-0.39, 0.29) is 5.56 Å². The SMILES string of the molecule is Cn1cncc1C(O)(c1ccc(-c2ccc(Cl)cc2)cc1)c1ccc2c(c1)c(-c1cccc(Cl)c1)cc(=O)n2C. The third kappa shape index (κ3) is 4.42. The van der Waals surface area contributed by atoms with Crippen LogP contribution in [0.25, 0.3) is 33.2 Å². The van der Waals surface area contributed by atoms with Gasteiger partial charge in [0.25, 0.3) is 5.56 Å². The number of imidazole rings is 1. The Morgan fingerprint density at radius 3 is 2.08 bits per heavy atom. The number of aliphatic hydroxyl groups is 1. The molecule has 0 saturated heterocycles. The molecule has 0 fully saturated rings. The van der Waals surface area contributed by atoms with Gasteiger partial charge in [-0.1, -0.05) is 77.8 Å². The number of fused-ring (bicyclic) bond motifs is 1. The highest BCUT2D eigenvalue weighted by atomic mass is 35.5. The number of halogens is 2. The molecule has 0 amide bonds. The molecule has 0 spiro atoms. The number of pyridine rings is 1. The lowest BCUT2D eigenvalue weighted by Crippen LogP contribution is -2.31. The average molecular weight is 566 g/mol. The number of nitrogens with zero attached hydrogens (tertiary/aromatic N) is 3. The van der Waals surface area contributed by atoms with Crippen molar-refractivity contribution in [2.75, 3.05) is 0 Å². The molecule has 198 valence electrons. The molecule has 6 rings (SSSR count). The van der Waals surface area contributed by atoms with Crippen LogP contribution in [0.4, 0.5) is 0 Å². The molecule has 4 aromatic carbocycles. The van der Waals surface area contributed by atoms with Crippen LogP contribution in [-0.4, -0.2) is 19.2 Å². The summed E-state index contributed by atoms with van der Waals surface area (Å²) in [5.41, 5.74) is 4.62. The molecule has 40 heavy (non-hydrogen) atoms.